The van der Waals surface area contributed by atoms with Gasteiger partial charge < -0.3 is 20.7 Å². The highest BCUT2D eigenvalue weighted by Crippen LogP contribution is 2.21. The first-order valence-corrected chi connectivity index (χ1v) is 8.93. The fourth-order valence-electron chi connectivity index (χ4n) is 2.38. The van der Waals surface area contributed by atoms with Gasteiger partial charge in [-0.1, -0.05) is 30.3 Å². The SMILES string of the molecule is CN=C(NCC(=O)NC(C)(C)C)NCc1cccc(Oc2ccccc2)c1. The molecule has 0 aliphatic carbocycles. The van der Waals surface area contributed by atoms with Gasteiger partial charge in [0, 0.05) is 19.1 Å². The van der Waals surface area contributed by atoms with E-state index in [2.05, 4.69) is 20.9 Å². The van der Waals surface area contributed by atoms with Crippen LogP contribution in [0.3, 0.4) is 0 Å². The predicted molar refractivity (Wildman–Crippen MR) is 109 cm³/mol. The normalized spacial score (nSPS) is 11.6. The van der Waals surface area contributed by atoms with Crippen molar-refractivity contribution in [3.05, 3.63) is 60.2 Å². The highest BCUT2D eigenvalue weighted by atomic mass is 16.5. The molecule has 27 heavy (non-hydrogen) atoms. The van der Waals surface area contributed by atoms with Crippen molar-refractivity contribution in [1.82, 2.24) is 16.0 Å². The molecule has 2 rings (SSSR count). The number of benzene rings is 2. The monoisotopic (exact) mass is 368 g/mol. The van der Waals surface area contributed by atoms with Crippen LogP contribution in [-0.2, 0) is 11.3 Å². The van der Waals surface area contributed by atoms with E-state index in [4.69, 9.17) is 4.74 Å². The fraction of sp³-hybridized carbons (Fsp3) is 0.333. The van der Waals surface area contributed by atoms with E-state index in [0.717, 1.165) is 17.1 Å². The van der Waals surface area contributed by atoms with Crippen molar-refractivity contribution in [2.24, 2.45) is 4.99 Å². The Labute approximate surface area is 161 Å². The van der Waals surface area contributed by atoms with Crippen molar-refractivity contribution in [2.45, 2.75) is 32.9 Å². The summed E-state index contributed by atoms with van der Waals surface area (Å²) >= 11 is 0. The molecule has 144 valence electrons. The van der Waals surface area contributed by atoms with E-state index in [1.165, 1.54) is 0 Å². The zero-order valence-electron chi connectivity index (χ0n) is 16.4. The number of carbonyl (C=O) groups excluding carboxylic acids is 1. The van der Waals surface area contributed by atoms with E-state index in [1.54, 1.807) is 7.05 Å². The van der Waals surface area contributed by atoms with E-state index in [-0.39, 0.29) is 18.0 Å². The van der Waals surface area contributed by atoms with E-state index in [9.17, 15) is 4.79 Å². The fourth-order valence-corrected chi connectivity index (χ4v) is 2.38. The number of amides is 1. The lowest BCUT2D eigenvalue weighted by Crippen LogP contribution is -2.48. The molecule has 0 saturated carbocycles. The van der Waals surface area contributed by atoms with Gasteiger partial charge >= 0.3 is 0 Å². The number of guanidine groups is 1. The van der Waals surface area contributed by atoms with Crippen LogP contribution < -0.4 is 20.7 Å². The molecule has 2 aromatic carbocycles. The molecule has 2 aromatic rings. The van der Waals surface area contributed by atoms with Crippen molar-refractivity contribution >= 4 is 11.9 Å². The van der Waals surface area contributed by atoms with E-state index in [1.807, 2.05) is 75.4 Å². The second-order valence-electron chi connectivity index (χ2n) is 7.14. The second kappa shape index (κ2) is 9.62. The highest BCUT2D eigenvalue weighted by Gasteiger charge is 2.13. The lowest BCUT2D eigenvalue weighted by Gasteiger charge is -2.21. The summed E-state index contributed by atoms with van der Waals surface area (Å²) in [6, 6.07) is 17.5. The maximum Gasteiger partial charge on any atom is 0.239 e. The van der Waals surface area contributed by atoms with Gasteiger partial charge in [0.05, 0.1) is 6.54 Å². The molecule has 0 spiro atoms. The van der Waals surface area contributed by atoms with Crippen LogP contribution in [0, 0.1) is 0 Å². The molecule has 0 fully saturated rings. The smallest absolute Gasteiger partial charge is 0.239 e. The Morgan fingerprint density at radius 2 is 1.70 bits per heavy atom. The Kier molecular flexibility index (Phi) is 7.23. The standard InChI is InChI=1S/C21H28N4O2/c1-21(2,3)25-19(26)15-24-20(22-4)23-14-16-9-8-12-18(13-16)27-17-10-6-5-7-11-17/h5-13H,14-15H2,1-4H3,(H,25,26)(H2,22,23,24). The first kappa shape index (κ1) is 20.3. The number of ether oxygens (including phenoxy) is 1. The number of nitrogens with zero attached hydrogens (tertiary/aromatic N) is 1. The minimum absolute atomic E-state index is 0.0799. The van der Waals surface area contributed by atoms with Crippen molar-refractivity contribution < 1.29 is 9.53 Å². The molecule has 6 nitrogen and oxygen atoms in total. The minimum Gasteiger partial charge on any atom is -0.457 e. The molecule has 0 aromatic heterocycles. The van der Waals surface area contributed by atoms with Crippen molar-refractivity contribution in [1.29, 1.82) is 0 Å². The average molecular weight is 368 g/mol. The van der Waals surface area contributed by atoms with Crippen molar-refractivity contribution in [3.8, 4) is 11.5 Å². The van der Waals surface area contributed by atoms with Crippen molar-refractivity contribution in [3.63, 3.8) is 0 Å². The molecule has 1 amide bonds. The van der Waals surface area contributed by atoms with Crippen LogP contribution in [0.15, 0.2) is 59.6 Å². The van der Waals surface area contributed by atoms with Gasteiger partial charge in [-0.15, -0.1) is 0 Å². The van der Waals surface area contributed by atoms with Gasteiger partial charge in [-0.25, -0.2) is 0 Å². The lowest BCUT2D eigenvalue weighted by atomic mass is 10.1. The second-order valence-corrected chi connectivity index (χ2v) is 7.14. The Morgan fingerprint density at radius 3 is 2.37 bits per heavy atom. The quantitative estimate of drug-likeness (QED) is 0.541. The molecule has 0 aliphatic rings. The maximum absolute atomic E-state index is 11.9. The summed E-state index contributed by atoms with van der Waals surface area (Å²) in [7, 11) is 1.67. The number of nitrogens with one attached hydrogen (secondary N) is 3. The largest absolute Gasteiger partial charge is 0.457 e. The molecule has 0 bridgehead atoms. The van der Waals surface area contributed by atoms with Gasteiger partial charge in [0.15, 0.2) is 5.96 Å². The summed E-state index contributed by atoms with van der Waals surface area (Å²) in [5.74, 6) is 2.05. The molecule has 3 N–H and O–H groups in total. The van der Waals surface area contributed by atoms with Crippen LogP contribution >= 0.6 is 0 Å². The molecular weight excluding hydrogens is 340 g/mol. The highest BCUT2D eigenvalue weighted by molar-refractivity contribution is 5.86. The summed E-state index contributed by atoms with van der Waals surface area (Å²) in [5, 5.41) is 9.11. The van der Waals surface area contributed by atoms with E-state index < -0.39 is 0 Å². The zero-order chi connectivity index (χ0) is 19.7. The molecule has 0 radical (unpaired) electrons. The molecule has 0 heterocycles. The molecule has 0 unspecified atom stereocenters. The minimum atomic E-state index is -0.255. The van der Waals surface area contributed by atoms with Crippen LogP contribution in [0.2, 0.25) is 0 Å². The number of para-hydroxylation sites is 1. The summed E-state index contributed by atoms with van der Waals surface area (Å²) in [6.07, 6.45) is 0. The zero-order valence-corrected chi connectivity index (χ0v) is 16.4. The average Bonchev–Trinajstić information content (AvgIpc) is 2.61. The van der Waals surface area contributed by atoms with Gasteiger partial charge in [-0.2, -0.15) is 0 Å². The maximum atomic E-state index is 11.9. The van der Waals surface area contributed by atoms with Gasteiger partial charge in [0.25, 0.3) is 0 Å². The Morgan fingerprint density at radius 1 is 1.00 bits per heavy atom. The summed E-state index contributed by atoms with van der Waals surface area (Å²) in [6.45, 7) is 6.56. The van der Waals surface area contributed by atoms with Crippen LogP contribution in [0.1, 0.15) is 26.3 Å². The third-order valence-corrected chi connectivity index (χ3v) is 3.49. The third-order valence-electron chi connectivity index (χ3n) is 3.49. The molecule has 6 heteroatoms. The van der Waals surface area contributed by atoms with E-state index >= 15 is 0 Å². The van der Waals surface area contributed by atoms with Gasteiger partial charge in [-0.05, 0) is 50.6 Å². The van der Waals surface area contributed by atoms with Gasteiger partial charge in [0.2, 0.25) is 5.91 Å². The van der Waals surface area contributed by atoms with Crippen LogP contribution in [0.25, 0.3) is 0 Å². The Bertz CT molecular complexity index is 767. The number of aliphatic imine (C=N–C) groups is 1. The Hall–Kier alpha value is -3.02. The first-order chi connectivity index (χ1) is 12.9. The first-order valence-electron chi connectivity index (χ1n) is 8.93. The number of hydrogen-bond acceptors (Lipinski definition) is 3. The topological polar surface area (TPSA) is 74.8 Å². The predicted octanol–water partition coefficient (Wildman–Crippen LogP) is 3.06. The van der Waals surface area contributed by atoms with Crippen molar-refractivity contribution in [2.75, 3.05) is 13.6 Å². The summed E-state index contributed by atoms with van der Waals surface area (Å²) in [4.78, 5) is 16.0. The van der Waals surface area contributed by atoms with Crippen LogP contribution in [0.5, 0.6) is 11.5 Å². The third kappa shape index (κ3) is 7.81. The molecule has 0 atom stereocenters. The van der Waals surface area contributed by atoms with E-state index in [0.29, 0.717) is 12.5 Å². The lowest BCUT2D eigenvalue weighted by molar-refractivity contribution is -0.121. The Balaban J connectivity index is 1.85. The molecule has 0 saturated heterocycles. The van der Waals surface area contributed by atoms with Crippen LogP contribution in [0.4, 0.5) is 0 Å². The molecular formula is C21H28N4O2. The molecule has 0 aliphatic heterocycles. The van der Waals surface area contributed by atoms with Gasteiger partial charge in [-0.3, -0.25) is 9.79 Å². The number of carbonyl (C=O) groups is 1. The van der Waals surface area contributed by atoms with Gasteiger partial charge in [0.1, 0.15) is 11.5 Å². The van der Waals surface area contributed by atoms with Crippen LogP contribution in [-0.4, -0.2) is 31.0 Å². The summed E-state index contributed by atoms with van der Waals surface area (Å²) in [5.41, 5.74) is 0.792. The summed E-state index contributed by atoms with van der Waals surface area (Å²) < 4.78 is 5.85. The number of rotatable bonds is 6. The number of hydrogen-bond donors (Lipinski definition) is 3.